The molecule has 14 heavy (non-hydrogen) atoms. The lowest BCUT2D eigenvalue weighted by atomic mass is 10.2. The summed E-state index contributed by atoms with van der Waals surface area (Å²) in [7, 11) is 0. The highest BCUT2D eigenvalue weighted by atomic mass is 79.9. The molecule has 0 radical (unpaired) electrons. The average Bonchev–Trinajstić information content (AvgIpc) is 2.15. The summed E-state index contributed by atoms with van der Waals surface area (Å²) in [4.78, 5) is 7.91. The van der Waals surface area contributed by atoms with Gasteiger partial charge in [-0.1, -0.05) is 13.3 Å². The fourth-order valence-corrected chi connectivity index (χ4v) is 1.40. The Balaban J connectivity index is 2.37. The number of halogens is 1. The molecule has 0 saturated carbocycles. The third-order valence-electron chi connectivity index (χ3n) is 1.77. The van der Waals surface area contributed by atoms with E-state index in [0.29, 0.717) is 6.54 Å². The second-order valence-electron chi connectivity index (χ2n) is 3.05. The molecular weight excluding hydrogens is 246 g/mol. The van der Waals surface area contributed by atoms with Crippen LogP contribution in [0.4, 0.5) is 5.82 Å². The smallest absolute Gasteiger partial charge is 0.130 e. The fourth-order valence-electron chi connectivity index (χ4n) is 1.09. The van der Waals surface area contributed by atoms with Crippen LogP contribution in [-0.4, -0.2) is 27.7 Å². The van der Waals surface area contributed by atoms with Crippen LogP contribution in [0, 0.1) is 0 Å². The summed E-state index contributed by atoms with van der Waals surface area (Å²) in [6.45, 7) is 2.57. The van der Waals surface area contributed by atoms with Crippen LogP contribution in [0.15, 0.2) is 17.0 Å². The number of nitrogens with one attached hydrogen (secondary N) is 1. The molecule has 2 N–H and O–H groups in total. The molecule has 0 amide bonds. The van der Waals surface area contributed by atoms with Crippen LogP contribution >= 0.6 is 15.9 Å². The summed E-state index contributed by atoms with van der Waals surface area (Å²) >= 11 is 3.25. The van der Waals surface area contributed by atoms with Crippen molar-refractivity contribution in [1.29, 1.82) is 0 Å². The van der Waals surface area contributed by atoms with E-state index >= 15 is 0 Å². The van der Waals surface area contributed by atoms with Gasteiger partial charge in [0.1, 0.15) is 16.7 Å². The second kappa shape index (κ2) is 5.93. The summed E-state index contributed by atoms with van der Waals surface area (Å²) in [5.74, 6) is 0.724. The van der Waals surface area contributed by atoms with Gasteiger partial charge in [-0.25, -0.2) is 9.97 Å². The maximum atomic E-state index is 9.46. The van der Waals surface area contributed by atoms with Gasteiger partial charge in [0.05, 0.1) is 6.10 Å². The van der Waals surface area contributed by atoms with Gasteiger partial charge in [0.25, 0.3) is 0 Å². The summed E-state index contributed by atoms with van der Waals surface area (Å²) < 4.78 is 0.736. The van der Waals surface area contributed by atoms with E-state index in [0.717, 1.165) is 23.3 Å². The Hall–Kier alpha value is -0.680. The van der Waals surface area contributed by atoms with E-state index in [1.165, 1.54) is 6.33 Å². The van der Waals surface area contributed by atoms with Crippen LogP contribution in [0.5, 0.6) is 0 Å². The van der Waals surface area contributed by atoms with Gasteiger partial charge in [-0.3, -0.25) is 0 Å². The lowest BCUT2D eigenvalue weighted by Gasteiger charge is -2.10. The molecule has 78 valence electrons. The van der Waals surface area contributed by atoms with Crippen molar-refractivity contribution in [2.45, 2.75) is 25.9 Å². The number of nitrogens with zero attached hydrogens (tertiary/aromatic N) is 2. The van der Waals surface area contributed by atoms with Gasteiger partial charge in [0.15, 0.2) is 0 Å². The third-order valence-corrected chi connectivity index (χ3v) is 2.21. The predicted molar refractivity (Wildman–Crippen MR) is 59.1 cm³/mol. The maximum Gasteiger partial charge on any atom is 0.130 e. The zero-order valence-electron chi connectivity index (χ0n) is 8.07. The number of aliphatic hydroxyl groups excluding tert-OH is 1. The normalized spacial score (nSPS) is 12.5. The molecule has 0 fully saturated rings. The zero-order valence-corrected chi connectivity index (χ0v) is 9.66. The number of anilines is 1. The lowest BCUT2D eigenvalue weighted by molar-refractivity contribution is 0.176. The molecule has 0 aromatic carbocycles. The monoisotopic (exact) mass is 259 g/mol. The molecule has 0 aliphatic rings. The molecule has 0 aliphatic heterocycles. The summed E-state index contributed by atoms with van der Waals surface area (Å²) in [6.07, 6.45) is 2.95. The molecule has 1 unspecified atom stereocenters. The fraction of sp³-hybridized carbons (Fsp3) is 0.556. The van der Waals surface area contributed by atoms with Gasteiger partial charge < -0.3 is 10.4 Å². The van der Waals surface area contributed by atoms with Gasteiger partial charge in [-0.2, -0.15) is 0 Å². The first kappa shape index (κ1) is 11.4. The molecule has 1 atom stereocenters. The molecular formula is C9H14BrN3O. The van der Waals surface area contributed by atoms with Crippen LogP contribution in [0.1, 0.15) is 19.8 Å². The predicted octanol–water partition coefficient (Wildman–Crippen LogP) is 1.81. The van der Waals surface area contributed by atoms with Crippen LogP contribution in [0.3, 0.4) is 0 Å². The largest absolute Gasteiger partial charge is 0.391 e. The van der Waals surface area contributed by atoms with Crippen LogP contribution in [-0.2, 0) is 0 Å². The van der Waals surface area contributed by atoms with Crippen LogP contribution < -0.4 is 5.32 Å². The number of rotatable bonds is 5. The zero-order chi connectivity index (χ0) is 10.4. The molecule has 0 aliphatic carbocycles. The summed E-state index contributed by atoms with van der Waals surface area (Å²) in [5, 5.41) is 12.5. The minimum absolute atomic E-state index is 0.311. The summed E-state index contributed by atoms with van der Waals surface area (Å²) in [5.41, 5.74) is 0. The van der Waals surface area contributed by atoms with Crippen molar-refractivity contribution < 1.29 is 5.11 Å². The van der Waals surface area contributed by atoms with Crippen molar-refractivity contribution in [2.75, 3.05) is 11.9 Å². The van der Waals surface area contributed by atoms with Gasteiger partial charge in [0.2, 0.25) is 0 Å². The van der Waals surface area contributed by atoms with Gasteiger partial charge in [-0.15, -0.1) is 0 Å². The average molecular weight is 260 g/mol. The Bertz CT molecular complexity index is 283. The Kier molecular flexibility index (Phi) is 4.82. The molecule has 0 saturated heterocycles. The molecule has 0 spiro atoms. The number of aromatic nitrogens is 2. The molecule has 1 aromatic rings. The Morgan fingerprint density at radius 2 is 2.36 bits per heavy atom. The highest BCUT2D eigenvalue weighted by Crippen LogP contribution is 2.09. The summed E-state index contributed by atoms with van der Waals surface area (Å²) in [6, 6.07) is 1.78. The number of hydrogen-bond donors (Lipinski definition) is 2. The van der Waals surface area contributed by atoms with E-state index in [1.54, 1.807) is 6.07 Å². The molecule has 4 nitrogen and oxygen atoms in total. The van der Waals surface area contributed by atoms with E-state index in [2.05, 4.69) is 31.2 Å². The van der Waals surface area contributed by atoms with Gasteiger partial charge in [-0.05, 0) is 22.4 Å². The van der Waals surface area contributed by atoms with Crippen molar-refractivity contribution in [1.82, 2.24) is 9.97 Å². The first-order valence-electron chi connectivity index (χ1n) is 4.62. The number of hydrogen-bond acceptors (Lipinski definition) is 4. The van der Waals surface area contributed by atoms with E-state index in [4.69, 9.17) is 0 Å². The Morgan fingerprint density at radius 1 is 1.57 bits per heavy atom. The van der Waals surface area contributed by atoms with Crippen molar-refractivity contribution >= 4 is 21.7 Å². The van der Waals surface area contributed by atoms with E-state index < -0.39 is 0 Å². The topological polar surface area (TPSA) is 58.0 Å². The quantitative estimate of drug-likeness (QED) is 0.793. The Labute approximate surface area is 91.9 Å². The first-order valence-corrected chi connectivity index (χ1v) is 5.41. The highest BCUT2D eigenvalue weighted by Gasteiger charge is 2.02. The third kappa shape index (κ3) is 4.02. The van der Waals surface area contributed by atoms with Gasteiger partial charge >= 0.3 is 0 Å². The first-order chi connectivity index (χ1) is 6.72. The maximum absolute atomic E-state index is 9.46. The molecule has 1 rings (SSSR count). The van der Waals surface area contributed by atoms with E-state index in [1.807, 2.05) is 6.92 Å². The molecule has 0 bridgehead atoms. The number of aliphatic hydroxyl groups is 1. The van der Waals surface area contributed by atoms with Gasteiger partial charge in [0, 0.05) is 12.6 Å². The standard InChI is InChI=1S/C9H14BrN3O/c1-2-3-7(14)5-11-9-4-8(10)12-6-13-9/h4,6-7,14H,2-3,5H2,1H3,(H,11,12,13). The minimum Gasteiger partial charge on any atom is -0.391 e. The van der Waals surface area contributed by atoms with Crippen molar-refractivity contribution in [2.24, 2.45) is 0 Å². The van der Waals surface area contributed by atoms with Crippen molar-refractivity contribution in [3.8, 4) is 0 Å². The minimum atomic E-state index is -0.311. The molecule has 1 heterocycles. The molecule has 1 aromatic heterocycles. The lowest BCUT2D eigenvalue weighted by Crippen LogP contribution is -2.19. The second-order valence-corrected chi connectivity index (χ2v) is 3.86. The highest BCUT2D eigenvalue weighted by molar-refractivity contribution is 9.10. The van der Waals surface area contributed by atoms with Crippen LogP contribution in [0.2, 0.25) is 0 Å². The van der Waals surface area contributed by atoms with E-state index in [9.17, 15) is 5.11 Å². The van der Waals surface area contributed by atoms with Crippen molar-refractivity contribution in [3.63, 3.8) is 0 Å². The molecule has 5 heteroatoms. The Morgan fingerprint density at radius 3 is 3.00 bits per heavy atom. The van der Waals surface area contributed by atoms with Crippen LogP contribution in [0.25, 0.3) is 0 Å². The SMILES string of the molecule is CCCC(O)CNc1cc(Br)ncn1. The van der Waals surface area contributed by atoms with E-state index in [-0.39, 0.29) is 6.10 Å². The van der Waals surface area contributed by atoms with Crippen molar-refractivity contribution in [3.05, 3.63) is 17.0 Å².